The van der Waals surface area contributed by atoms with Gasteiger partial charge in [0.05, 0.1) is 18.7 Å². The lowest BCUT2D eigenvalue weighted by molar-refractivity contribution is -0.154. The van der Waals surface area contributed by atoms with Crippen molar-refractivity contribution in [3.8, 4) is 0 Å². The van der Waals surface area contributed by atoms with Crippen molar-refractivity contribution in [2.75, 3.05) is 19.8 Å². The normalized spacial score (nSPS) is 15.1. The molecule has 0 radical (unpaired) electrons. The van der Waals surface area contributed by atoms with E-state index in [0.29, 0.717) is 19.4 Å². The fourth-order valence-corrected chi connectivity index (χ4v) is 1.05. The number of esters is 1. The molecule has 3 nitrogen and oxygen atoms in total. The molecule has 0 aliphatic rings. The number of halogens is 1. The molecule has 0 rings (SSSR count). The minimum Gasteiger partial charge on any atom is -0.466 e. The third-order valence-electron chi connectivity index (χ3n) is 2.08. The van der Waals surface area contributed by atoms with Crippen molar-refractivity contribution in [3.05, 3.63) is 0 Å². The molecule has 78 valence electrons. The van der Waals surface area contributed by atoms with Crippen LogP contribution in [0.5, 0.6) is 0 Å². The van der Waals surface area contributed by atoms with Crippen LogP contribution in [0.4, 0.5) is 4.39 Å². The van der Waals surface area contributed by atoms with Crippen LogP contribution in [-0.4, -0.2) is 25.8 Å². The van der Waals surface area contributed by atoms with Crippen LogP contribution in [-0.2, 0) is 9.53 Å². The summed E-state index contributed by atoms with van der Waals surface area (Å²) in [5.74, 6) is -0.328. The molecule has 0 spiro atoms. The Morgan fingerprint density at radius 3 is 2.62 bits per heavy atom. The van der Waals surface area contributed by atoms with Crippen molar-refractivity contribution in [2.45, 2.75) is 26.7 Å². The molecule has 0 aromatic rings. The Kier molecular flexibility index (Phi) is 5.62. The van der Waals surface area contributed by atoms with E-state index in [1.807, 2.05) is 0 Å². The van der Waals surface area contributed by atoms with E-state index in [2.05, 4.69) is 0 Å². The Bertz CT molecular complexity index is 164. The first kappa shape index (κ1) is 12.4. The molecule has 0 aliphatic carbocycles. The van der Waals surface area contributed by atoms with Crippen LogP contribution in [0.15, 0.2) is 0 Å². The molecule has 13 heavy (non-hydrogen) atoms. The maximum absolute atomic E-state index is 11.9. The first-order valence-corrected chi connectivity index (χ1v) is 4.54. The van der Waals surface area contributed by atoms with Gasteiger partial charge in [0.1, 0.15) is 0 Å². The van der Waals surface area contributed by atoms with Crippen LogP contribution in [0.25, 0.3) is 0 Å². The van der Waals surface area contributed by atoms with Gasteiger partial charge in [-0.15, -0.1) is 0 Å². The monoisotopic (exact) mass is 191 g/mol. The highest BCUT2D eigenvalue weighted by atomic mass is 19.1. The quantitative estimate of drug-likeness (QED) is 0.643. The number of nitrogens with two attached hydrogens (primary N) is 1. The highest BCUT2D eigenvalue weighted by molar-refractivity contribution is 5.76. The van der Waals surface area contributed by atoms with Crippen molar-refractivity contribution in [1.29, 1.82) is 0 Å². The Labute approximate surface area is 78.4 Å². The first-order valence-electron chi connectivity index (χ1n) is 4.54. The Morgan fingerprint density at radius 1 is 1.62 bits per heavy atom. The number of alkyl halides is 1. The van der Waals surface area contributed by atoms with Gasteiger partial charge in [0, 0.05) is 6.54 Å². The molecular weight excluding hydrogens is 173 g/mol. The van der Waals surface area contributed by atoms with E-state index in [4.69, 9.17) is 10.5 Å². The fraction of sp³-hybridized carbons (Fsp3) is 0.889. The summed E-state index contributed by atoms with van der Waals surface area (Å²) in [5, 5.41) is 0. The van der Waals surface area contributed by atoms with Crippen LogP contribution >= 0.6 is 0 Å². The topological polar surface area (TPSA) is 52.3 Å². The second-order valence-electron chi connectivity index (χ2n) is 3.28. The third-order valence-corrected chi connectivity index (χ3v) is 2.08. The molecule has 0 aromatic carbocycles. The van der Waals surface area contributed by atoms with Gasteiger partial charge in [0.15, 0.2) is 0 Å². The van der Waals surface area contributed by atoms with Crippen molar-refractivity contribution < 1.29 is 13.9 Å². The van der Waals surface area contributed by atoms with Gasteiger partial charge in [0.2, 0.25) is 0 Å². The van der Waals surface area contributed by atoms with Crippen LogP contribution in [0.1, 0.15) is 26.7 Å². The average Bonchev–Trinajstić information content (AvgIpc) is 2.14. The molecule has 1 unspecified atom stereocenters. The van der Waals surface area contributed by atoms with Gasteiger partial charge in [-0.05, 0) is 26.7 Å². The molecule has 4 heteroatoms. The highest BCUT2D eigenvalue weighted by Crippen LogP contribution is 2.23. The number of hydrogen-bond donors (Lipinski definition) is 1. The molecule has 1 atom stereocenters. The summed E-state index contributed by atoms with van der Waals surface area (Å²) in [4.78, 5) is 11.4. The third kappa shape index (κ3) is 3.72. The lowest BCUT2D eigenvalue weighted by atomic mass is 9.86. The van der Waals surface area contributed by atoms with Gasteiger partial charge >= 0.3 is 5.97 Å². The summed E-state index contributed by atoms with van der Waals surface area (Å²) < 4.78 is 16.8. The van der Waals surface area contributed by atoms with Crippen LogP contribution in [0.2, 0.25) is 0 Å². The zero-order valence-electron chi connectivity index (χ0n) is 8.31. The minimum absolute atomic E-state index is 0.200. The van der Waals surface area contributed by atoms with E-state index in [0.717, 1.165) is 0 Å². The predicted molar refractivity (Wildman–Crippen MR) is 49.0 cm³/mol. The lowest BCUT2D eigenvalue weighted by Crippen LogP contribution is -2.37. The summed E-state index contributed by atoms with van der Waals surface area (Å²) in [6, 6.07) is 0. The van der Waals surface area contributed by atoms with Crippen molar-refractivity contribution in [1.82, 2.24) is 0 Å². The van der Waals surface area contributed by atoms with Gasteiger partial charge in [-0.1, -0.05) is 0 Å². The number of hydrogen-bond acceptors (Lipinski definition) is 3. The second-order valence-corrected chi connectivity index (χ2v) is 3.28. The van der Waals surface area contributed by atoms with E-state index in [1.54, 1.807) is 13.8 Å². The largest absolute Gasteiger partial charge is 0.466 e. The predicted octanol–water partition coefficient (Wildman–Crippen LogP) is 1.26. The summed E-state index contributed by atoms with van der Waals surface area (Å²) in [7, 11) is 0. The number of ether oxygens (including phenoxy) is 1. The molecule has 0 aromatic heterocycles. The highest BCUT2D eigenvalue weighted by Gasteiger charge is 2.32. The zero-order chi connectivity index (χ0) is 10.3. The number of carbonyl (C=O) groups is 1. The van der Waals surface area contributed by atoms with E-state index < -0.39 is 12.1 Å². The molecule has 0 fully saturated rings. The summed E-state index contributed by atoms with van der Waals surface area (Å²) in [6.07, 6.45) is 0.797. The lowest BCUT2D eigenvalue weighted by Gasteiger charge is -2.24. The van der Waals surface area contributed by atoms with E-state index in [-0.39, 0.29) is 12.5 Å². The van der Waals surface area contributed by atoms with Gasteiger partial charge in [-0.2, -0.15) is 0 Å². The first-order chi connectivity index (χ1) is 6.10. The SMILES string of the molecule is CCOC(=O)C(C)(CN)CCCF. The average molecular weight is 191 g/mol. The van der Waals surface area contributed by atoms with Gasteiger partial charge in [0.25, 0.3) is 0 Å². The molecule has 0 saturated carbocycles. The van der Waals surface area contributed by atoms with E-state index in [9.17, 15) is 9.18 Å². The summed E-state index contributed by atoms with van der Waals surface area (Å²) >= 11 is 0. The van der Waals surface area contributed by atoms with E-state index >= 15 is 0 Å². The van der Waals surface area contributed by atoms with Crippen molar-refractivity contribution >= 4 is 5.97 Å². The second kappa shape index (κ2) is 5.91. The summed E-state index contributed by atoms with van der Waals surface area (Å²) in [6.45, 7) is 3.57. The molecule has 2 N–H and O–H groups in total. The maximum atomic E-state index is 11.9. The minimum atomic E-state index is -0.720. The van der Waals surface area contributed by atoms with Crippen molar-refractivity contribution in [2.24, 2.45) is 11.1 Å². The van der Waals surface area contributed by atoms with Gasteiger partial charge < -0.3 is 10.5 Å². The number of rotatable bonds is 6. The van der Waals surface area contributed by atoms with Crippen LogP contribution in [0, 0.1) is 5.41 Å². The van der Waals surface area contributed by atoms with Crippen LogP contribution < -0.4 is 5.73 Å². The van der Waals surface area contributed by atoms with Crippen molar-refractivity contribution in [3.63, 3.8) is 0 Å². The van der Waals surface area contributed by atoms with Crippen LogP contribution in [0.3, 0.4) is 0 Å². The maximum Gasteiger partial charge on any atom is 0.313 e. The van der Waals surface area contributed by atoms with Gasteiger partial charge in [-0.3, -0.25) is 9.18 Å². The van der Waals surface area contributed by atoms with E-state index in [1.165, 1.54) is 0 Å². The Hall–Kier alpha value is -0.640. The Balaban J connectivity index is 4.16. The summed E-state index contributed by atoms with van der Waals surface area (Å²) in [5.41, 5.74) is 4.74. The standard InChI is InChI=1S/C9H18FNO2/c1-3-13-8(12)9(2,7-11)5-4-6-10/h3-7,11H2,1-2H3. The molecule has 0 bridgehead atoms. The van der Waals surface area contributed by atoms with Gasteiger partial charge in [-0.25, -0.2) is 0 Å². The molecule has 0 heterocycles. The fourth-order valence-electron chi connectivity index (χ4n) is 1.05. The zero-order valence-corrected chi connectivity index (χ0v) is 8.31. The molecular formula is C9H18FNO2. The molecule has 0 amide bonds. The molecule has 0 saturated heterocycles. The smallest absolute Gasteiger partial charge is 0.313 e. The number of carbonyl (C=O) groups excluding carboxylic acids is 1. The Morgan fingerprint density at radius 2 is 2.23 bits per heavy atom. The molecule has 0 aliphatic heterocycles.